The van der Waals surface area contributed by atoms with Gasteiger partial charge >= 0.3 is 0 Å². The highest BCUT2D eigenvalue weighted by atomic mass is 32.2. The molecule has 0 saturated heterocycles. The number of hydrogen-bond donors (Lipinski definition) is 1. The molecule has 5 rings (SSSR count). The second kappa shape index (κ2) is 7.27. The number of amides is 1. The van der Waals surface area contributed by atoms with Crippen LogP contribution >= 0.6 is 0 Å². The van der Waals surface area contributed by atoms with E-state index >= 15 is 0 Å². The van der Waals surface area contributed by atoms with Gasteiger partial charge in [0.25, 0.3) is 5.91 Å². The second-order valence-electron chi connectivity index (χ2n) is 8.24. The molecule has 3 heterocycles. The molecule has 0 saturated carbocycles. The Kier molecular flexibility index (Phi) is 4.63. The van der Waals surface area contributed by atoms with Crippen LogP contribution in [0.15, 0.2) is 59.8 Å². The fourth-order valence-corrected chi connectivity index (χ4v) is 5.05. The van der Waals surface area contributed by atoms with Crippen molar-refractivity contribution in [2.24, 2.45) is 0 Å². The van der Waals surface area contributed by atoms with Crippen LogP contribution in [0.2, 0.25) is 0 Å². The normalized spacial score (nSPS) is 13.9. The predicted octanol–water partition coefficient (Wildman–Crippen LogP) is 4.28. The SMILES string of the molecule is Cc1cccc2c1CN(c1c[nH]c3ncc(-c4ccc(S(=O)(=O)C(C)C)cc4)nc13)C2=O. The molecule has 1 amide bonds. The van der Waals surface area contributed by atoms with Gasteiger partial charge in [0.05, 0.1) is 34.3 Å². The first-order valence-electron chi connectivity index (χ1n) is 10.4. The smallest absolute Gasteiger partial charge is 0.259 e. The Hall–Kier alpha value is -3.52. The van der Waals surface area contributed by atoms with Crippen LogP contribution in [0.1, 0.15) is 35.3 Å². The van der Waals surface area contributed by atoms with Gasteiger partial charge in [0.1, 0.15) is 5.52 Å². The van der Waals surface area contributed by atoms with Crippen LogP contribution < -0.4 is 4.90 Å². The number of aromatic nitrogens is 3. The van der Waals surface area contributed by atoms with Crippen molar-refractivity contribution < 1.29 is 13.2 Å². The van der Waals surface area contributed by atoms with Gasteiger partial charge < -0.3 is 9.88 Å². The Morgan fingerprint density at radius 2 is 1.84 bits per heavy atom. The Morgan fingerprint density at radius 1 is 1.09 bits per heavy atom. The monoisotopic (exact) mass is 446 g/mol. The van der Waals surface area contributed by atoms with Crippen LogP contribution in [0.5, 0.6) is 0 Å². The van der Waals surface area contributed by atoms with Gasteiger partial charge in [-0.2, -0.15) is 0 Å². The lowest BCUT2D eigenvalue weighted by Crippen LogP contribution is -2.22. The van der Waals surface area contributed by atoms with Gasteiger partial charge in [-0.05, 0) is 50.1 Å². The molecule has 1 aliphatic rings. The van der Waals surface area contributed by atoms with Crippen molar-refractivity contribution in [1.82, 2.24) is 15.0 Å². The van der Waals surface area contributed by atoms with Crippen LogP contribution in [0.4, 0.5) is 5.69 Å². The van der Waals surface area contributed by atoms with Gasteiger partial charge in [0, 0.05) is 17.3 Å². The molecule has 2 aromatic carbocycles. The molecule has 2 aromatic heterocycles. The van der Waals surface area contributed by atoms with Crippen LogP contribution in [0.25, 0.3) is 22.4 Å². The molecule has 1 N–H and O–H groups in total. The summed E-state index contributed by atoms with van der Waals surface area (Å²) in [5.41, 5.74) is 6.04. The number of anilines is 1. The summed E-state index contributed by atoms with van der Waals surface area (Å²) in [6.07, 6.45) is 3.39. The number of hydrogen-bond acceptors (Lipinski definition) is 5. The first kappa shape index (κ1) is 20.4. The van der Waals surface area contributed by atoms with Gasteiger partial charge in [-0.15, -0.1) is 0 Å². The van der Waals surface area contributed by atoms with Crippen LogP contribution in [-0.2, 0) is 16.4 Å². The topological polar surface area (TPSA) is 96.0 Å². The van der Waals surface area contributed by atoms with Gasteiger partial charge in [-0.25, -0.2) is 18.4 Å². The first-order valence-corrected chi connectivity index (χ1v) is 11.9. The van der Waals surface area contributed by atoms with Crippen molar-refractivity contribution in [2.45, 2.75) is 37.5 Å². The molecule has 0 spiro atoms. The maximum atomic E-state index is 13.0. The van der Waals surface area contributed by atoms with E-state index in [2.05, 4.69) is 9.97 Å². The lowest BCUT2D eigenvalue weighted by molar-refractivity contribution is 0.0997. The van der Waals surface area contributed by atoms with Crippen molar-refractivity contribution in [3.8, 4) is 11.3 Å². The van der Waals surface area contributed by atoms with Crippen LogP contribution in [-0.4, -0.2) is 34.5 Å². The zero-order valence-electron chi connectivity index (χ0n) is 18.0. The molecule has 0 bridgehead atoms. The molecule has 0 radical (unpaired) electrons. The summed E-state index contributed by atoms with van der Waals surface area (Å²) >= 11 is 0. The van der Waals surface area contributed by atoms with E-state index in [1.807, 2.05) is 25.1 Å². The molecule has 8 heteroatoms. The van der Waals surface area contributed by atoms with E-state index in [0.717, 1.165) is 16.7 Å². The van der Waals surface area contributed by atoms with Gasteiger partial charge in [0.2, 0.25) is 0 Å². The largest absolute Gasteiger partial charge is 0.343 e. The van der Waals surface area contributed by atoms with E-state index in [1.165, 1.54) is 0 Å². The molecular weight excluding hydrogens is 424 g/mol. The summed E-state index contributed by atoms with van der Waals surface area (Å²) in [4.78, 5) is 27.4. The number of aromatic amines is 1. The maximum Gasteiger partial charge on any atom is 0.259 e. The van der Waals surface area contributed by atoms with E-state index in [-0.39, 0.29) is 10.8 Å². The Balaban J connectivity index is 1.53. The number of benzene rings is 2. The zero-order valence-corrected chi connectivity index (χ0v) is 18.8. The maximum absolute atomic E-state index is 13.0. The summed E-state index contributed by atoms with van der Waals surface area (Å²) in [5.74, 6) is -0.0555. The third-order valence-electron chi connectivity index (χ3n) is 5.95. The number of nitrogens with zero attached hydrogens (tertiary/aromatic N) is 3. The lowest BCUT2D eigenvalue weighted by atomic mass is 10.1. The lowest BCUT2D eigenvalue weighted by Gasteiger charge is -2.14. The Morgan fingerprint density at radius 3 is 2.53 bits per heavy atom. The second-order valence-corrected chi connectivity index (χ2v) is 10.7. The molecule has 0 unspecified atom stereocenters. The van der Waals surface area contributed by atoms with E-state index < -0.39 is 15.1 Å². The van der Waals surface area contributed by atoms with Crippen LogP contribution in [0.3, 0.4) is 0 Å². The van der Waals surface area contributed by atoms with Gasteiger partial charge in [-0.3, -0.25) is 4.79 Å². The van der Waals surface area contributed by atoms with Crippen molar-refractivity contribution in [2.75, 3.05) is 4.90 Å². The van der Waals surface area contributed by atoms with Gasteiger partial charge in [0.15, 0.2) is 15.5 Å². The Bertz CT molecular complexity index is 1470. The molecule has 1 aliphatic heterocycles. The van der Waals surface area contributed by atoms with E-state index in [9.17, 15) is 13.2 Å². The molecule has 32 heavy (non-hydrogen) atoms. The number of rotatable bonds is 4. The molecular formula is C24H22N4O3S. The molecule has 162 valence electrons. The summed E-state index contributed by atoms with van der Waals surface area (Å²) < 4.78 is 24.8. The highest BCUT2D eigenvalue weighted by Crippen LogP contribution is 2.34. The van der Waals surface area contributed by atoms with Crippen molar-refractivity contribution in [3.63, 3.8) is 0 Å². The molecule has 4 aromatic rings. The van der Waals surface area contributed by atoms with E-state index in [0.29, 0.717) is 34.7 Å². The average Bonchev–Trinajstić information content (AvgIpc) is 3.35. The quantitative estimate of drug-likeness (QED) is 0.505. The summed E-state index contributed by atoms with van der Waals surface area (Å²) in [6, 6.07) is 12.4. The molecule has 7 nitrogen and oxygen atoms in total. The summed E-state index contributed by atoms with van der Waals surface area (Å²) in [6.45, 7) is 5.82. The zero-order chi connectivity index (χ0) is 22.6. The fourth-order valence-electron chi connectivity index (χ4n) is 3.99. The summed E-state index contributed by atoms with van der Waals surface area (Å²) in [5, 5.41) is -0.488. The third-order valence-corrected chi connectivity index (χ3v) is 8.12. The van der Waals surface area contributed by atoms with Crippen molar-refractivity contribution >= 4 is 32.6 Å². The average molecular weight is 447 g/mol. The highest BCUT2D eigenvalue weighted by molar-refractivity contribution is 7.92. The number of carbonyl (C=O) groups is 1. The van der Waals surface area contributed by atoms with E-state index in [4.69, 9.17) is 4.98 Å². The first-order chi connectivity index (χ1) is 15.3. The number of carbonyl (C=O) groups excluding carboxylic acids is 1. The minimum atomic E-state index is -3.34. The number of fused-ring (bicyclic) bond motifs is 2. The van der Waals surface area contributed by atoms with E-state index in [1.54, 1.807) is 55.4 Å². The Labute approximate surface area is 186 Å². The molecule has 0 aliphatic carbocycles. The minimum Gasteiger partial charge on any atom is -0.343 e. The van der Waals surface area contributed by atoms with Crippen molar-refractivity contribution in [3.05, 3.63) is 71.5 Å². The third kappa shape index (κ3) is 3.10. The van der Waals surface area contributed by atoms with Crippen LogP contribution in [0, 0.1) is 6.92 Å². The number of sulfone groups is 1. The number of aryl methyl sites for hydroxylation is 1. The standard InChI is InChI=1S/C24H22N4O3S/c1-14(2)32(30,31)17-9-7-16(8-10-17)20-11-25-23-22(27-20)21(12-26-23)28-13-19-15(3)5-4-6-18(19)24(28)29/h4-12,14H,13H2,1-3H3,(H,25,26). The number of nitrogens with one attached hydrogen (secondary N) is 1. The minimum absolute atomic E-state index is 0.0555. The van der Waals surface area contributed by atoms with Gasteiger partial charge in [-0.1, -0.05) is 24.3 Å². The highest BCUT2D eigenvalue weighted by Gasteiger charge is 2.31. The molecule has 0 atom stereocenters. The predicted molar refractivity (Wildman–Crippen MR) is 123 cm³/mol. The summed E-state index contributed by atoms with van der Waals surface area (Å²) in [7, 11) is -3.34. The van der Waals surface area contributed by atoms with Crippen molar-refractivity contribution in [1.29, 1.82) is 0 Å². The number of H-pyrrole nitrogens is 1. The fraction of sp³-hybridized carbons (Fsp3) is 0.208. The molecule has 0 fully saturated rings.